The van der Waals surface area contributed by atoms with E-state index >= 15 is 0 Å². The van der Waals surface area contributed by atoms with E-state index in [1.165, 1.54) is 6.07 Å². The number of aromatic nitrogens is 3. The van der Waals surface area contributed by atoms with E-state index in [9.17, 15) is 4.39 Å². The van der Waals surface area contributed by atoms with Gasteiger partial charge in [0.05, 0.1) is 18.3 Å². The number of fused-ring (bicyclic) bond motifs is 1. The zero-order chi connectivity index (χ0) is 13.9. The Morgan fingerprint density at radius 3 is 2.85 bits per heavy atom. The predicted molar refractivity (Wildman–Crippen MR) is 77.5 cm³/mol. The maximum Gasteiger partial charge on any atom is 0.128 e. The van der Waals surface area contributed by atoms with Crippen molar-refractivity contribution in [3.63, 3.8) is 0 Å². The quantitative estimate of drug-likeness (QED) is 0.689. The maximum atomic E-state index is 13.8. The summed E-state index contributed by atoms with van der Waals surface area (Å²) in [6, 6.07) is 8.67. The number of nitrogens with zero attached hydrogens (tertiary/aromatic N) is 3. The monoisotopic (exact) mass is 289 g/mol. The van der Waals surface area contributed by atoms with Gasteiger partial charge in [0.15, 0.2) is 0 Å². The molecule has 0 bridgehead atoms. The van der Waals surface area contributed by atoms with Gasteiger partial charge in [-0.2, -0.15) is 0 Å². The molecule has 0 aliphatic carbocycles. The van der Waals surface area contributed by atoms with Crippen LogP contribution in [0.5, 0.6) is 0 Å². The normalized spacial score (nSPS) is 11.1. The van der Waals surface area contributed by atoms with E-state index in [1.807, 2.05) is 16.7 Å². The second-order valence-electron chi connectivity index (χ2n) is 4.51. The molecule has 0 unspecified atom stereocenters. The van der Waals surface area contributed by atoms with Crippen LogP contribution in [0, 0.1) is 5.82 Å². The zero-order valence-electron chi connectivity index (χ0n) is 10.8. The van der Waals surface area contributed by atoms with Gasteiger partial charge in [0.2, 0.25) is 0 Å². The minimum Gasteiger partial charge on any atom is -0.323 e. The van der Waals surface area contributed by atoms with Gasteiger partial charge in [0, 0.05) is 24.1 Å². The summed E-state index contributed by atoms with van der Waals surface area (Å²) in [4.78, 5) is 8.59. The highest BCUT2D eigenvalue weighted by Crippen LogP contribution is 2.19. The summed E-state index contributed by atoms with van der Waals surface area (Å²) in [7, 11) is 0. The second kappa shape index (κ2) is 5.59. The highest BCUT2D eigenvalue weighted by atomic mass is 35.5. The topological polar surface area (TPSA) is 30.7 Å². The summed E-state index contributed by atoms with van der Waals surface area (Å²) >= 11 is 5.83. The summed E-state index contributed by atoms with van der Waals surface area (Å²) in [5, 5.41) is 0. The Hall–Kier alpha value is -1.94. The van der Waals surface area contributed by atoms with Crippen LogP contribution in [0.2, 0.25) is 0 Å². The molecule has 2 heterocycles. The largest absolute Gasteiger partial charge is 0.323 e. The van der Waals surface area contributed by atoms with Gasteiger partial charge in [0.25, 0.3) is 0 Å². The third-order valence-electron chi connectivity index (χ3n) is 3.23. The van der Waals surface area contributed by atoms with Gasteiger partial charge < -0.3 is 4.57 Å². The molecule has 0 atom stereocenters. The minimum absolute atomic E-state index is 0.208. The van der Waals surface area contributed by atoms with E-state index in [4.69, 9.17) is 11.6 Å². The minimum atomic E-state index is -0.208. The van der Waals surface area contributed by atoms with Crippen LogP contribution in [0.1, 0.15) is 11.4 Å². The standard InChI is InChI=1S/C15H13ClFN3/c16-7-5-15-19-13-9-18-8-6-14(13)20(15)10-11-3-1-2-4-12(11)17/h1-4,6,8-9H,5,7,10H2. The van der Waals surface area contributed by atoms with E-state index in [-0.39, 0.29) is 5.82 Å². The lowest BCUT2D eigenvalue weighted by molar-refractivity contribution is 0.598. The van der Waals surface area contributed by atoms with Gasteiger partial charge in [-0.05, 0) is 12.1 Å². The average molecular weight is 290 g/mol. The Balaban J connectivity index is 2.09. The van der Waals surface area contributed by atoms with Crippen LogP contribution >= 0.6 is 11.6 Å². The molecule has 0 amide bonds. The zero-order valence-corrected chi connectivity index (χ0v) is 11.5. The Labute approximate surface area is 121 Å². The fraction of sp³-hybridized carbons (Fsp3) is 0.200. The summed E-state index contributed by atoms with van der Waals surface area (Å²) in [6.07, 6.45) is 4.07. The Morgan fingerprint density at radius 1 is 1.20 bits per heavy atom. The number of benzene rings is 1. The number of hydrogen-bond acceptors (Lipinski definition) is 2. The molecule has 20 heavy (non-hydrogen) atoms. The van der Waals surface area contributed by atoms with Gasteiger partial charge in [0.1, 0.15) is 17.2 Å². The first-order chi connectivity index (χ1) is 9.79. The third kappa shape index (κ3) is 2.39. The summed E-state index contributed by atoms with van der Waals surface area (Å²) in [5.74, 6) is 1.13. The lowest BCUT2D eigenvalue weighted by atomic mass is 10.2. The number of halogens is 2. The SMILES string of the molecule is Fc1ccccc1Cn1c(CCCl)nc2cnccc21. The van der Waals surface area contributed by atoms with Crippen LogP contribution in [0.3, 0.4) is 0 Å². The molecule has 2 aromatic heterocycles. The second-order valence-corrected chi connectivity index (χ2v) is 4.89. The number of hydrogen-bond donors (Lipinski definition) is 0. The highest BCUT2D eigenvalue weighted by molar-refractivity contribution is 6.17. The number of aryl methyl sites for hydroxylation is 1. The molecule has 0 spiro atoms. The molecule has 0 saturated carbocycles. The molecule has 3 nitrogen and oxygen atoms in total. The molecule has 3 aromatic rings. The first kappa shape index (κ1) is 13.1. The number of rotatable bonds is 4. The molecule has 102 valence electrons. The van der Waals surface area contributed by atoms with Crippen molar-refractivity contribution >= 4 is 22.6 Å². The molecule has 0 fully saturated rings. The van der Waals surface area contributed by atoms with Crippen molar-refractivity contribution in [2.24, 2.45) is 0 Å². The van der Waals surface area contributed by atoms with Crippen LogP contribution < -0.4 is 0 Å². The average Bonchev–Trinajstić information content (AvgIpc) is 2.80. The van der Waals surface area contributed by atoms with Gasteiger partial charge in [-0.3, -0.25) is 4.98 Å². The van der Waals surface area contributed by atoms with E-state index in [0.717, 1.165) is 16.9 Å². The van der Waals surface area contributed by atoms with Crippen molar-refractivity contribution in [3.05, 3.63) is 59.9 Å². The van der Waals surface area contributed by atoms with Crippen molar-refractivity contribution in [2.75, 3.05) is 5.88 Å². The van der Waals surface area contributed by atoms with Crippen molar-refractivity contribution in [1.29, 1.82) is 0 Å². The van der Waals surface area contributed by atoms with E-state index < -0.39 is 0 Å². The van der Waals surface area contributed by atoms with Crippen LogP contribution in [0.4, 0.5) is 4.39 Å². The fourth-order valence-electron chi connectivity index (χ4n) is 2.28. The fourth-order valence-corrected chi connectivity index (χ4v) is 2.45. The first-order valence-electron chi connectivity index (χ1n) is 6.38. The smallest absolute Gasteiger partial charge is 0.128 e. The number of alkyl halides is 1. The van der Waals surface area contributed by atoms with Gasteiger partial charge in [-0.25, -0.2) is 9.37 Å². The van der Waals surface area contributed by atoms with E-state index in [1.54, 1.807) is 24.5 Å². The molecule has 3 rings (SSSR count). The Kier molecular flexibility index (Phi) is 3.65. The van der Waals surface area contributed by atoms with Crippen LogP contribution in [0.15, 0.2) is 42.7 Å². The van der Waals surface area contributed by atoms with Crippen molar-refractivity contribution < 1.29 is 4.39 Å². The van der Waals surface area contributed by atoms with Gasteiger partial charge in [-0.1, -0.05) is 18.2 Å². The first-order valence-corrected chi connectivity index (χ1v) is 6.91. The number of imidazole rings is 1. The molecule has 0 N–H and O–H groups in total. The predicted octanol–water partition coefficient (Wildman–Crippen LogP) is 3.40. The Morgan fingerprint density at radius 2 is 2.05 bits per heavy atom. The Bertz CT molecular complexity index is 739. The lowest BCUT2D eigenvalue weighted by Crippen LogP contribution is -2.07. The highest BCUT2D eigenvalue weighted by Gasteiger charge is 2.12. The molecule has 1 aromatic carbocycles. The van der Waals surface area contributed by atoms with Crippen LogP contribution in [-0.4, -0.2) is 20.4 Å². The van der Waals surface area contributed by atoms with Crippen LogP contribution in [-0.2, 0) is 13.0 Å². The third-order valence-corrected chi connectivity index (χ3v) is 3.42. The lowest BCUT2D eigenvalue weighted by Gasteiger charge is -2.09. The molecule has 0 aliphatic heterocycles. The van der Waals surface area contributed by atoms with Crippen molar-refractivity contribution in [1.82, 2.24) is 14.5 Å². The summed E-state index contributed by atoms with van der Waals surface area (Å²) in [5.41, 5.74) is 2.40. The summed E-state index contributed by atoms with van der Waals surface area (Å²) < 4.78 is 15.8. The maximum absolute atomic E-state index is 13.8. The number of pyridine rings is 1. The molecular weight excluding hydrogens is 277 g/mol. The van der Waals surface area contributed by atoms with E-state index in [2.05, 4.69) is 9.97 Å². The molecular formula is C15H13ClFN3. The molecule has 0 aliphatic rings. The van der Waals surface area contributed by atoms with Crippen molar-refractivity contribution in [2.45, 2.75) is 13.0 Å². The molecule has 5 heteroatoms. The van der Waals surface area contributed by atoms with Gasteiger partial charge >= 0.3 is 0 Å². The van der Waals surface area contributed by atoms with E-state index in [0.29, 0.717) is 24.4 Å². The van der Waals surface area contributed by atoms with Crippen molar-refractivity contribution in [3.8, 4) is 0 Å². The summed E-state index contributed by atoms with van der Waals surface area (Å²) in [6.45, 7) is 0.444. The van der Waals surface area contributed by atoms with Crippen LogP contribution in [0.25, 0.3) is 11.0 Å². The van der Waals surface area contributed by atoms with Gasteiger partial charge in [-0.15, -0.1) is 11.6 Å². The molecule has 0 saturated heterocycles. The molecule has 0 radical (unpaired) electrons.